The average molecular weight is 509 g/mol. The van der Waals surface area contributed by atoms with E-state index in [1.165, 1.54) is 0 Å². The van der Waals surface area contributed by atoms with E-state index in [4.69, 9.17) is 26.2 Å². The predicted octanol–water partition coefficient (Wildman–Crippen LogP) is -2.62. The zero-order valence-corrected chi connectivity index (χ0v) is 18.8. The Morgan fingerprint density at radius 2 is 0.971 bits per heavy atom. The summed E-state index contributed by atoms with van der Waals surface area (Å²) in [6, 6.07) is -5.81. The second-order valence-corrected chi connectivity index (χ2v) is 7.47. The molecule has 0 spiro atoms. The molecule has 0 aromatic carbocycles. The predicted molar refractivity (Wildman–Crippen MR) is 116 cm³/mol. The highest BCUT2D eigenvalue weighted by molar-refractivity contribution is 7.80. The smallest absolute Gasteiger partial charge is 0.327 e. The lowest BCUT2D eigenvalue weighted by atomic mass is 10.1. The Kier molecular flexibility index (Phi) is 13.9. The van der Waals surface area contributed by atoms with Crippen molar-refractivity contribution in [2.75, 3.05) is 5.75 Å². The molecular formula is C18H28N4O11S. The van der Waals surface area contributed by atoms with Gasteiger partial charge < -0.3 is 42.1 Å². The molecule has 0 rings (SSSR count). The van der Waals surface area contributed by atoms with Crippen molar-refractivity contribution in [1.82, 2.24) is 16.0 Å². The minimum Gasteiger partial charge on any atom is -0.481 e. The zero-order chi connectivity index (χ0) is 26.4. The van der Waals surface area contributed by atoms with Crippen molar-refractivity contribution in [2.24, 2.45) is 5.73 Å². The number of carboxylic acid groups (broad SMARTS) is 4. The molecule has 0 unspecified atom stereocenters. The molecule has 0 saturated carbocycles. The fraction of sp³-hybridized carbons (Fsp3) is 0.611. The van der Waals surface area contributed by atoms with E-state index in [0.717, 1.165) is 0 Å². The van der Waals surface area contributed by atoms with Gasteiger partial charge in [-0.15, -0.1) is 0 Å². The molecule has 4 atom stereocenters. The molecule has 16 heteroatoms. The SMILES string of the molecule is N[C@@H](CCC(=O)O)C(=O)N[C@@H](CCC(=O)O)C(=O)N[C@@H](CCC(=O)O)C(=O)N[C@@H](CS)C(=O)O. The molecule has 15 nitrogen and oxygen atoms in total. The van der Waals surface area contributed by atoms with Crippen LogP contribution in [-0.4, -0.2) is 91.9 Å². The van der Waals surface area contributed by atoms with Crippen LogP contribution in [0.1, 0.15) is 38.5 Å². The highest BCUT2D eigenvalue weighted by Crippen LogP contribution is 2.05. The van der Waals surface area contributed by atoms with Crippen LogP contribution in [0, 0.1) is 0 Å². The van der Waals surface area contributed by atoms with E-state index in [9.17, 15) is 33.6 Å². The van der Waals surface area contributed by atoms with Crippen LogP contribution in [0.25, 0.3) is 0 Å². The van der Waals surface area contributed by atoms with Gasteiger partial charge >= 0.3 is 23.9 Å². The van der Waals surface area contributed by atoms with Gasteiger partial charge in [-0.2, -0.15) is 12.6 Å². The summed E-state index contributed by atoms with van der Waals surface area (Å²) in [6.45, 7) is 0. The number of rotatable bonds is 17. The summed E-state index contributed by atoms with van der Waals surface area (Å²) >= 11 is 3.79. The molecule has 0 saturated heterocycles. The lowest BCUT2D eigenvalue weighted by Crippen LogP contribution is -2.57. The van der Waals surface area contributed by atoms with Crippen LogP contribution < -0.4 is 21.7 Å². The highest BCUT2D eigenvalue weighted by atomic mass is 32.1. The topological polar surface area (TPSA) is 263 Å². The van der Waals surface area contributed by atoms with Gasteiger partial charge in [0.2, 0.25) is 17.7 Å². The number of amides is 3. The van der Waals surface area contributed by atoms with Gasteiger partial charge in [-0.3, -0.25) is 28.8 Å². The molecule has 192 valence electrons. The molecule has 0 radical (unpaired) electrons. The Morgan fingerprint density at radius 1 is 0.618 bits per heavy atom. The van der Waals surface area contributed by atoms with Crippen LogP contribution in [0.5, 0.6) is 0 Å². The Bertz CT molecular complexity index is 792. The van der Waals surface area contributed by atoms with Gasteiger partial charge in [0.15, 0.2) is 0 Å². The number of hydrogen-bond donors (Lipinski definition) is 9. The fourth-order valence-corrected chi connectivity index (χ4v) is 2.74. The molecule has 34 heavy (non-hydrogen) atoms. The summed E-state index contributed by atoms with van der Waals surface area (Å²) in [5.41, 5.74) is 5.58. The van der Waals surface area contributed by atoms with Crippen molar-refractivity contribution >= 4 is 54.2 Å². The van der Waals surface area contributed by atoms with Crippen LogP contribution in [-0.2, 0) is 33.6 Å². The highest BCUT2D eigenvalue weighted by Gasteiger charge is 2.30. The maximum Gasteiger partial charge on any atom is 0.327 e. The number of thiol groups is 1. The lowest BCUT2D eigenvalue weighted by molar-refractivity contribution is -0.142. The van der Waals surface area contributed by atoms with Crippen molar-refractivity contribution in [3.05, 3.63) is 0 Å². The van der Waals surface area contributed by atoms with E-state index in [2.05, 4.69) is 28.6 Å². The third kappa shape index (κ3) is 12.6. The molecule has 0 bridgehead atoms. The van der Waals surface area contributed by atoms with Gasteiger partial charge in [0, 0.05) is 25.0 Å². The Balaban J connectivity index is 5.52. The molecule has 3 amide bonds. The Hall–Kier alpha value is -3.40. The monoisotopic (exact) mass is 508 g/mol. The van der Waals surface area contributed by atoms with Crippen molar-refractivity contribution < 1.29 is 54.0 Å². The number of nitrogens with one attached hydrogen (secondary N) is 3. The van der Waals surface area contributed by atoms with Gasteiger partial charge in [-0.25, -0.2) is 4.79 Å². The Morgan fingerprint density at radius 3 is 1.32 bits per heavy atom. The zero-order valence-electron chi connectivity index (χ0n) is 17.9. The van der Waals surface area contributed by atoms with Crippen LogP contribution in [0.3, 0.4) is 0 Å². The maximum absolute atomic E-state index is 12.7. The standard InChI is InChI=1S/C18H28N4O11S/c19-8(1-4-12(23)24)15(29)20-9(2-5-13(25)26)16(30)21-10(3-6-14(27)28)17(31)22-11(7-34)18(32)33/h8-11,34H,1-7,19H2,(H,20,29)(H,21,30)(H,22,31)(H,23,24)(H,25,26)(H,27,28)(H,32,33)/t8-,9-,10-,11-/m0/s1. The number of carboxylic acids is 4. The number of hydrogen-bond acceptors (Lipinski definition) is 9. The minimum absolute atomic E-state index is 0.265. The number of carbonyl (C=O) groups excluding carboxylic acids is 3. The van der Waals surface area contributed by atoms with E-state index < -0.39 is 97.9 Å². The minimum atomic E-state index is -1.53. The second kappa shape index (κ2) is 15.4. The summed E-state index contributed by atoms with van der Waals surface area (Å²) in [7, 11) is 0. The number of aliphatic carboxylic acids is 4. The van der Waals surface area contributed by atoms with E-state index >= 15 is 0 Å². The van der Waals surface area contributed by atoms with E-state index in [0.29, 0.717) is 0 Å². The summed E-state index contributed by atoms with van der Waals surface area (Å²) in [4.78, 5) is 81.0. The maximum atomic E-state index is 12.7. The average Bonchev–Trinajstić information content (AvgIpc) is 2.74. The van der Waals surface area contributed by atoms with Gasteiger partial charge in [0.1, 0.15) is 18.1 Å². The molecule has 0 fully saturated rings. The second-order valence-electron chi connectivity index (χ2n) is 7.11. The summed E-state index contributed by atoms with van der Waals surface area (Å²) < 4.78 is 0. The molecule has 0 aromatic rings. The van der Waals surface area contributed by atoms with E-state index in [-0.39, 0.29) is 12.2 Å². The van der Waals surface area contributed by atoms with Gasteiger partial charge in [0.25, 0.3) is 0 Å². The first-order chi connectivity index (χ1) is 15.8. The van der Waals surface area contributed by atoms with Crippen LogP contribution >= 0.6 is 12.6 Å². The molecule has 0 aliphatic rings. The van der Waals surface area contributed by atoms with Gasteiger partial charge in [-0.1, -0.05) is 0 Å². The Labute approximate surface area is 198 Å². The van der Waals surface area contributed by atoms with Crippen molar-refractivity contribution in [3.63, 3.8) is 0 Å². The third-order valence-electron chi connectivity index (χ3n) is 4.36. The summed E-state index contributed by atoms with van der Waals surface area (Å²) in [6.07, 6.45) is -2.73. The van der Waals surface area contributed by atoms with Crippen molar-refractivity contribution in [1.29, 1.82) is 0 Å². The van der Waals surface area contributed by atoms with E-state index in [1.807, 2.05) is 0 Å². The third-order valence-corrected chi connectivity index (χ3v) is 4.73. The quantitative estimate of drug-likeness (QED) is 0.0914. The summed E-state index contributed by atoms with van der Waals surface area (Å²) in [5, 5.41) is 42.0. The van der Waals surface area contributed by atoms with Crippen LogP contribution in [0.2, 0.25) is 0 Å². The van der Waals surface area contributed by atoms with Crippen LogP contribution in [0.15, 0.2) is 0 Å². The first-order valence-corrected chi connectivity index (χ1v) is 10.6. The normalized spacial score (nSPS) is 14.1. The fourth-order valence-electron chi connectivity index (χ4n) is 2.49. The summed E-state index contributed by atoms with van der Waals surface area (Å²) in [5.74, 6) is -8.58. The number of carbonyl (C=O) groups is 7. The molecule has 0 aliphatic carbocycles. The van der Waals surface area contributed by atoms with E-state index in [1.54, 1.807) is 0 Å². The first kappa shape index (κ1) is 30.6. The van der Waals surface area contributed by atoms with Crippen molar-refractivity contribution in [3.8, 4) is 0 Å². The molecule has 0 aliphatic heterocycles. The molecule has 0 aromatic heterocycles. The number of nitrogens with two attached hydrogens (primary N) is 1. The molecule has 0 heterocycles. The van der Waals surface area contributed by atoms with Crippen molar-refractivity contribution in [2.45, 2.75) is 62.7 Å². The molecular weight excluding hydrogens is 480 g/mol. The van der Waals surface area contributed by atoms with Gasteiger partial charge in [0.05, 0.1) is 6.04 Å². The molecule has 9 N–H and O–H groups in total. The van der Waals surface area contributed by atoms with Gasteiger partial charge in [-0.05, 0) is 19.3 Å². The first-order valence-electron chi connectivity index (χ1n) is 9.94. The van der Waals surface area contributed by atoms with Crippen LogP contribution in [0.4, 0.5) is 0 Å². The lowest BCUT2D eigenvalue weighted by Gasteiger charge is -2.24. The largest absolute Gasteiger partial charge is 0.481 e.